The van der Waals surface area contributed by atoms with Gasteiger partial charge < -0.3 is 9.47 Å². The Morgan fingerprint density at radius 2 is 2.35 bits per heavy atom. The zero-order valence-corrected chi connectivity index (χ0v) is 12.8. The minimum Gasteiger partial charge on any atom is -0.461 e. The molecule has 0 radical (unpaired) electrons. The molecule has 20 heavy (non-hydrogen) atoms. The normalized spacial score (nSPS) is 21.1. The number of nitrogens with zero attached hydrogens (tertiary/aromatic N) is 3. The fourth-order valence-electron chi connectivity index (χ4n) is 2.37. The molecule has 1 saturated heterocycles. The van der Waals surface area contributed by atoms with Gasteiger partial charge in [-0.25, -0.2) is 9.48 Å². The first kappa shape index (κ1) is 15.3. The molecule has 0 aromatic carbocycles. The van der Waals surface area contributed by atoms with E-state index in [1.54, 1.807) is 11.6 Å². The summed E-state index contributed by atoms with van der Waals surface area (Å²) in [5.74, 6) is -0.320. The summed E-state index contributed by atoms with van der Waals surface area (Å²) in [7, 11) is 0. The maximum Gasteiger partial charge on any atom is 0.360 e. The van der Waals surface area contributed by atoms with Gasteiger partial charge in [0, 0.05) is 0 Å². The van der Waals surface area contributed by atoms with Crippen molar-refractivity contribution >= 4 is 17.6 Å². The Labute approximate surface area is 123 Å². The molecule has 6 nitrogen and oxygen atoms in total. The number of carbonyl (C=O) groups is 1. The van der Waals surface area contributed by atoms with E-state index in [0.717, 1.165) is 12.8 Å². The highest BCUT2D eigenvalue weighted by Gasteiger charge is 2.33. The van der Waals surface area contributed by atoms with Crippen LogP contribution in [0.15, 0.2) is 0 Å². The Balaban J connectivity index is 2.11. The first-order valence-electron chi connectivity index (χ1n) is 6.80. The summed E-state index contributed by atoms with van der Waals surface area (Å²) in [6.07, 6.45) is 2.04. The van der Waals surface area contributed by atoms with E-state index in [-0.39, 0.29) is 23.3 Å². The molecule has 0 saturated carbocycles. The zero-order valence-electron chi connectivity index (χ0n) is 12.1. The summed E-state index contributed by atoms with van der Waals surface area (Å²) >= 11 is 5.91. The van der Waals surface area contributed by atoms with E-state index >= 15 is 0 Å². The SMILES string of the molecule is CCOC(=O)c1nnn(CC2CCC(C)(C)O2)c1CCl. The summed E-state index contributed by atoms with van der Waals surface area (Å²) in [6.45, 7) is 6.74. The third-order valence-corrected chi connectivity index (χ3v) is 3.62. The number of rotatable bonds is 5. The quantitative estimate of drug-likeness (QED) is 0.616. The van der Waals surface area contributed by atoms with Crippen LogP contribution in [0.3, 0.4) is 0 Å². The number of halogens is 1. The average molecular weight is 302 g/mol. The Hall–Kier alpha value is -1.14. The minimum absolute atomic E-state index is 0.0729. The van der Waals surface area contributed by atoms with Crippen molar-refractivity contribution in [3.63, 3.8) is 0 Å². The molecule has 7 heteroatoms. The second-order valence-electron chi connectivity index (χ2n) is 5.46. The van der Waals surface area contributed by atoms with Crippen molar-refractivity contribution in [2.24, 2.45) is 0 Å². The first-order valence-corrected chi connectivity index (χ1v) is 7.33. The number of ether oxygens (including phenoxy) is 2. The van der Waals surface area contributed by atoms with Crippen LogP contribution in [0.2, 0.25) is 0 Å². The van der Waals surface area contributed by atoms with Gasteiger partial charge in [-0.05, 0) is 33.6 Å². The van der Waals surface area contributed by atoms with Gasteiger partial charge >= 0.3 is 5.97 Å². The number of carbonyl (C=O) groups excluding carboxylic acids is 1. The average Bonchev–Trinajstić information content (AvgIpc) is 2.93. The largest absolute Gasteiger partial charge is 0.461 e. The Morgan fingerprint density at radius 3 is 2.90 bits per heavy atom. The molecule has 1 fully saturated rings. The van der Waals surface area contributed by atoms with Gasteiger partial charge in [-0.3, -0.25) is 0 Å². The van der Waals surface area contributed by atoms with Crippen molar-refractivity contribution in [2.75, 3.05) is 6.61 Å². The Morgan fingerprint density at radius 1 is 1.60 bits per heavy atom. The minimum atomic E-state index is -0.484. The van der Waals surface area contributed by atoms with Gasteiger partial charge in [0.15, 0.2) is 5.69 Å². The summed E-state index contributed by atoms with van der Waals surface area (Å²) in [5.41, 5.74) is 0.675. The van der Waals surface area contributed by atoms with Gasteiger partial charge in [-0.15, -0.1) is 16.7 Å². The number of hydrogen-bond acceptors (Lipinski definition) is 5. The van der Waals surface area contributed by atoms with E-state index < -0.39 is 5.97 Å². The highest BCUT2D eigenvalue weighted by molar-refractivity contribution is 6.17. The fraction of sp³-hybridized carbons (Fsp3) is 0.769. The molecule has 2 rings (SSSR count). The fourth-order valence-corrected chi connectivity index (χ4v) is 2.63. The van der Waals surface area contributed by atoms with Gasteiger partial charge in [0.2, 0.25) is 0 Å². The van der Waals surface area contributed by atoms with Crippen LogP contribution in [0.4, 0.5) is 0 Å². The molecular weight excluding hydrogens is 282 g/mol. The number of aromatic nitrogens is 3. The lowest BCUT2D eigenvalue weighted by atomic mass is 10.1. The second-order valence-corrected chi connectivity index (χ2v) is 5.73. The predicted octanol–water partition coefficient (Wildman–Crippen LogP) is 2.15. The summed E-state index contributed by atoms with van der Waals surface area (Å²) in [6, 6.07) is 0. The molecule has 2 heterocycles. The molecule has 1 aliphatic heterocycles. The number of esters is 1. The molecule has 1 unspecified atom stereocenters. The Bertz CT molecular complexity index is 487. The van der Waals surface area contributed by atoms with Gasteiger partial charge in [-0.2, -0.15) is 0 Å². The van der Waals surface area contributed by atoms with Crippen LogP contribution < -0.4 is 0 Å². The molecular formula is C13H20ClN3O3. The molecule has 0 N–H and O–H groups in total. The molecule has 0 bridgehead atoms. The van der Waals surface area contributed by atoms with Crippen LogP contribution >= 0.6 is 11.6 Å². The first-order chi connectivity index (χ1) is 9.46. The van der Waals surface area contributed by atoms with Crippen LogP contribution in [0, 0.1) is 0 Å². The molecule has 1 aliphatic rings. The molecule has 1 aromatic heterocycles. The third-order valence-electron chi connectivity index (χ3n) is 3.36. The molecule has 112 valence electrons. The van der Waals surface area contributed by atoms with E-state index in [9.17, 15) is 4.79 Å². The van der Waals surface area contributed by atoms with Crippen molar-refractivity contribution in [3.8, 4) is 0 Å². The lowest BCUT2D eigenvalue weighted by molar-refractivity contribution is -0.0234. The highest BCUT2D eigenvalue weighted by atomic mass is 35.5. The summed E-state index contributed by atoms with van der Waals surface area (Å²) in [4.78, 5) is 11.8. The smallest absolute Gasteiger partial charge is 0.360 e. The van der Waals surface area contributed by atoms with E-state index in [1.807, 2.05) is 0 Å². The van der Waals surface area contributed by atoms with E-state index in [1.165, 1.54) is 0 Å². The lowest BCUT2D eigenvalue weighted by Crippen LogP contribution is -2.24. The second kappa shape index (κ2) is 6.10. The van der Waals surface area contributed by atoms with Crippen molar-refractivity contribution in [1.29, 1.82) is 0 Å². The molecule has 1 aromatic rings. The van der Waals surface area contributed by atoms with Crippen LogP contribution in [-0.4, -0.2) is 39.3 Å². The van der Waals surface area contributed by atoms with Crippen LogP contribution in [-0.2, 0) is 21.9 Å². The van der Waals surface area contributed by atoms with Crippen LogP contribution in [0.1, 0.15) is 49.8 Å². The summed E-state index contributed by atoms with van der Waals surface area (Å²) < 4.78 is 12.5. The van der Waals surface area contributed by atoms with E-state index in [2.05, 4.69) is 24.2 Å². The maximum absolute atomic E-state index is 11.8. The topological polar surface area (TPSA) is 66.2 Å². The highest BCUT2D eigenvalue weighted by Crippen LogP contribution is 2.30. The van der Waals surface area contributed by atoms with Crippen LogP contribution in [0.25, 0.3) is 0 Å². The van der Waals surface area contributed by atoms with Crippen molar-refractivity contribution in [1.82, 2.24) is 15.0 Å². The number of hydrogen-bond donors (Lipinski definition) is 0. The monoisotopic (exact) mass is 301 g/mol. The molecule has 0 aliphatic carbocycles. The Kier molecular flexibility index (Phi) is 4.65. The van der Waals surface area contributed by atoms with Crippen molar-refractivity contribution in [3.05, 3.63) is 11.4 Å². The van der Waals surface area contributed by atoms with Crippen LogP contribution in [0.5, 0.6) is 0 Å². The van der Waals surface area contributed by atoms with Gasteiger partial charge in [0.05, 0.1) is 36.4 Å². The molecule has 0 spiro atoms. The van der Waals surface area contributed by atoms with Gasteiger partial charge in [-0.1, -0.05) is 5.21 Å². The predicted molar refractivity (Wildman–Crippen MR) is 73.7 cm³/mol. The molecule has 0 amide bonds. The summed E-state index contributed by atoms with van der Waals surface area (Å²) in [5, 5.41) is 7.89. The van der Waals surface area contributed by atoms with Crippen molar-refractivity contribution in [2.45, 2.75) is 57.7 Å². The zero-order chi connectivity index (χ0) is 14.8. The standard InChI is InChI=1S/C13H20ClN3O3/c1-4-19-12(18)11-10(7-14)17(16-15-11)8-9-5-6-13(2,3)20-9/h9H,4-8H2,1-3H3. The van der Waals surface area contributed by atoms with Gasteiger partial charge in [0.25, 0.3) is 0 Å². The van der Waals surface area contributed by atoms with Gasteiger partial charge in [0.1, 0.15) is 0 Å². The van der Waals surface area contributed by atoms with E-state index in [4.69, 9.17) is 21.1 Å². The molecule has 1 atom stereocenters. The van der Waals surface area contributed by atoms with Crippen molar-refractivity contribution < 1.29 is 14.3 Å². The third kappa shape index (κ3) is 3.30. The number of alkyl halides is 1. The maximum atomic E-state index is 11.8. The lowest BCUT2D eigenvalue weighted by Gasteiger charge is -2.19. The van der Waals surface area contributed by atoms with E-state index in [0.29, 0.717) is 18.8 Å².